The lowest BCUT2D eigenvalue weighted by atomic mass is 10.2. The van der Waals surface area contributed by atoms with Crippen LogP contribution in [-0.2, 0) is 4.79 Å². The van der Waals surface area contributed by atoms with Crippen LogP contribution in [0.2, 0.25) is 0 Å². The topological polar surface area (TPSA) is 71.1 Å². The number of carbonyl (C=O) groups is 2. The molecule has 0 aliphatic carbocycles. The lowest BCUT2D eigenvalue weighted by Gasteiger charge is -2.06. The van der Waals surface area contributed by atoms with Gasteiger partial charge in [-0.05, 0) is 43.3 Å². The highest BCUT2D eigenvalue weighted by molar-refractivity contribution is 6.02. The van der Waals surface area contributed by atoms with Crippen molar-refractivity contribution in [1.82, 2.24) is 4.98 Å². The third-order valence-corrected chi connectivity index (χ3v) is 2.49. The summed E-state index contributed by atoms with van der Waals surface area (Å²) in [5.41, 5.74) is 2.47. The molecular weight excluding hydrogens is 242 g/mol. The number of amides is 2. The van der Waals surface area contributed by atoms with Crippen LogP contribution >= 0.6 is 0 Å². The summed E-state index contributed by atoms with van der Waals surface area (Å²) >= 11 is 0. The minimum Gasteiger partial charge on any atom is -0.329 e. The van der Waals surface area contributed by atoms with Gasteiger partial charge in [-0.3, -0.25) is 9.59 Å². The first-order valence-electron chi connectivity index (χ1n) is 5.74. The molecule has 96 valence electrons. The summed E-state index contributed by atoms with van der Waals surface area (Å²) in [6.07, 6.45) is 0.601. The number of nitrogens with zero attached hydrogens (tertiary/aromatic N) is 1. The van der Waals surface area contributed by atoms with Gasteiger partial charge in [0.25, 0.3) is 5.91 Å². The van der Waals surface area contributed by atoms with Gasteiger partial charge in [-0.15, -0.1) is 0 Å². The summed E-state index contributed by atoms with van der Waals surface area (Å²) in [6.45, 7) is 1.83. The SMILES string of the molecule is Cc1cccc(C(=O)Nc2ccc(NC=O)cc2)n1. The van der Waals surface area contributed by atoms with Gasteiger partial charge < -0.3 is 10.6 Å². The fourth-order valence-corrected chi connectivity index (χ4v) is 1.58. The van der Waals surface area contributed by atoms with Crippen LogP contribution in [0.1, 0.15) is 16.2 Å². The number of anilines is 2. The number of aryl methyl sites for hydroxylation is 1. The Morgan fingerprint density at radius 1 is 1.11 bits per heavy atom. The van der Waals surface area contributed by atoms with E-state index < -0.39 is 0 Å². The maximum Gasteiger partial charge on any atom is 0.274 e. The molecule has 0 bridgehead atoms. The second-order valence-electron chi connectivity index (χ2n) is 3.96. The molecule has 1 aromatic carbocycles. The number of nitrogens with one attached hydrogen (secondary N) is 2. The molecule has 0 aliphatic heterocycles. The summed E-state index contributed by atoms with van der Waals surface area (Å²) in [5, 5.41) is 5.26. The molecule has 19 heavy (non-hydrogen) atoms. The molecule has 2 N–H and O–H groups in total. The molecule has 0 radical (unpaired) electrons. The van der Waals surface area contributed by atoms with Gasteiger partial charge in [-0.25, -0.2) is 4.98 Å². The average Bonchev–Trinajstić information content (AvgIpc) is 2.41. The van der Waals surface area contributed by atoms with E-state index in [-0.39, 0.29) is 5.91 Å². The third kappa shape index (κ3) is 3.38. The Bertz CT molecular complexity index is 594. The van der Waals surface area contributed by atoms with Crippen molar-refractivity contribution < 1.29 is 9.59 Å². The zero-order chi connectivity index (χ0) is 13.7. The second kappa shape index (κ2) is 5.77. The van der Waals surface area contributed by atoms with Crippen LogP contribution in [0.5, 0.6) is 0 Å². The van der Waals surface area contributed by atoms with Crippen LogP contribution in [0.4, 0.5) is 11.4 Å². The maximum absolute atomic E-state index is 11.9. The van der Waals surface area contributed by atoms with Gasteiger partial charge >= 0.3 is 0 Å². The Kier molecular flexibility index (Phi) is 3.87. The second-order valence-corrected chi connectivity index (χ2v) is 3.96. The van der Waals surface area contributed by atoms with Gasteiger partial charge in [0.15, 0.2) is 0 Å². The molecule has 0 saturated heterocycles. The molecule has 5 heteroatoms. The van der Waals surface area contributed by atoms with E-state index in [1.807, 2.05) is 13.0 Å². The lowest BCUT2D eigenvalue weighted by molar-refractivity contribution is -0.105. The normalized spacial score (nSPS) is 9.74. The zero-order valence-electron chi connectivity index (χ0n) is 10.4. The Labute approximate surface area is 110 Å². The van der Waals surface area contributed by atoms with Crippen LogP contribution in [0.15, 0.2) is 42.5 Å². The van der Waals surface area contributed by atoms with Gasteiger partial charge in [0.1, 0.15) is 5.69 Å². The van der Waals surface area contributed by atoms with E-state index in [1.54, 1.807) is 36.4 Å². The van der Waals surface area contributed by atoms with E-state index >= 15 is 0 Å². The predicted molar refractivity (Wildman–Crippen MR) is 73.1 cm³/mol. The molecule has 0 fully saturated rings. The zero-order valence-corrected chi connectivity index (χ0v) is 10.4. The molecule has 5 nitrogen and oxygen atoms in total. The first kappa shape index (κ1) is 12.8. The number of pyridine rings is 1. The van der Waals surface area contributed by atoms with Gasteiger partial charge in [-0.1, -0.05) is 6.07 Å². The number of hydrogen-bond donors (Lipinski definition) is 2. The smallest absolute Gasteiger partial charge is 0.274 e. The number of rotatable bonds is 4. The van der Waals surface area contributed by atoms with Gasteiger partial charge in [0.2, 0.25) is 6.41 Å². The number of carbonyl (C=O) groups excluding carboxylic acids is 2. The molecule has 2 amide bonds. The standard InChI is InChI=1S/C14H13N3O2/c1-10-3-2-4-13(16-10)14(19)17-12-7-5-11(6-8-12)15-9-18/h2-9H,1H3,(H,15,18)(H,17,19). The number of benzene rings is 1. The fourth-order valence-electron chi connectivity index (χ4n) is 1.58. The van der Waals surface area contributed by atoms with Crippen molar-refractivity contribution in [2.45, 2.75) is 6.92 Å². The van der Waals surface area contributed by atoms with E-state index in [2.05, 4.69) is 15.6 Å². The summed E-state index contributed by atoms with van der Waals surface area (Å²) in [4.78, 5) is 26.3. The first-order chi connectivity index (χ1) is 9.19. The molecule has 0 aliphatic rings. The van der Waals surface area contributed by atoms with E-state index in [4.69, 9.17) is 0 Å². The van der Waals surface area contributed by atoms with Crippen LogP contribution in [-0.4, -0.2) is 17.3 Å². The molecule has 2 rings (SSSR count). The highest BCUT2D eigenvalue weighted by atomic mass is 16.2. The minimum absolute atomic E-state index is 0.264. The molecular formula is C14H13N3O2. The van der Waals surface area contributed by atoms with Crippen molar-refractivity contribution in [1.29, 1.82) is 0 Å². The largest absolute Gasteiger partial charge is 0.329 e. The summed E-state index contributed by atoms with van der Waals surface area (Å²) in [7, 11) is 0. The summed E-state index contributed by atoms with van der Waals surface area (Å²) in [6, 6.07) is 12.1. The minimum atomic E-state index is -0.264. The van der Waals surface area contributed by atoms with E-state index in [9.17, 15) is 9.59 Å². The monoisotopic (exact) mass is 255 g/mol. The van der Waals surface area contributed by atoms with Gasteiger partial charge in [0, 0.05) is 17.1 Å². The van der Waals surface area contributed by atoms with Gasteiger partial charge in [-0.2, -0.15) is 0 Å². The third-order valence-electron chi connectivity index (χ3n) is 2.49. The lowest BCUT2D eigenvalue weighted by Crippen LogP contribution is -2.13. The van der Waals surface area contributed by atoms with E-state index in [1.165, 1.54) is 0 Å². The molecule has 0 atom stereocenters. The van der Waals surface area contributed by atoms with Crippen molar-refractivity contribution >= 4 is 23.7 Å². The van der Waals surface area contributed by atoms with Crippen molar-refractivity contribution in [3.05, 3.63) is 53.9 Å². The van der Waals surface area contributed by atoms with Crippen LogP contribution in [0, 0.1) is 6.92 Å². The van der Waals surface area contributed by atoms with E-state index in [0.29, 0.717) is 23.5 Å². The van der Waals surface area contributed by atoms with Crippen molar-refractivity contribution in [2.24, 2.45) is 0 Å². The first-order valence-corrected chi connectivity index (χ1v) is 5.74. The Hall–Kier alpha value is -2.69. The number of hydrogen-bond acceptors (Lipinski definition) is 3. The number of aromatic nitrogens is 1. The highest BCUT2D eigenvalue weighted by Gasteiger charge is 2.07. The van der Waals surface area contributed by atoms with Crippen LogP contribution in [0.3, 0.4) is 0 Å². The quantitative estimate of drug-likeness (QED) is 0.823. The predicted octanol–water partition coefficient (Wildman–Crippen LogP) is 2.21. The molecule has 0 spiro atoms. The molecule has 0 saturated carbocycles. The Balaban J connectivity index is 2.08. The van der Waals surface area contributed by atoms with Crippen LogP contribution < -0.4 is 10.6 Å². The maximum atomic E-state index is 11.9. The summed E-state index contributed by atoms with van der Waals surface area (Å²) in [5.74, 6) is -0.264. The van der Waals surface area contributed by atoms with Gasteiger partial charge in [0.05, 0.1) is 0 Å². The fraction of sp³-hybridized carbons (Fsp3) is 0.0714. The Morgan fingerprint density at radius 3 is 2.42 bits per heavy atom. The molecule has 1 heterocycles. The highest BCUT2D eigenvalue weighted by Crippen LogP contribution is 2.13. The molecule has 0 unspecified atom stereocenters. The molecule has 2 aromatic rings. The summed E-state index contributed by atoms with van der Waals surface area (Å²) < 4.78 is 0. The molecule has 1 aromatic heterocycles. The van der Waals surface area contributed by atoms with Crippen LogP contribution in [0.25, 0.3) is 0 Å². The Morgan fingerprint density at radius 2 is 1.79 bits per heavy atom. The van der Waals surface area contributed by atoms with Crippen molar-refractivity contribution in [3.8, 4) is 0 Å². The van der Waals surface area contributed by atoms with Crippen molar-refractivity contribution in [2.75, 3.05) is 10.6 Å². The average molecular weight is 255 g/mol. The van der Waals surface area contributed by atoms with E-state index in [0.717, 1.165) is 5.69 Å². The van der Waals surface area contributed by atoms with Crippen molar-refractivity contribution in [3.63, 3.8) is 0 Å².